The quantitative estimate of drug-likeness (QED) is 0.587. The van der Waals surface area contributed by atoms with Crippen molar-refractivity contribution in [3.8, 4) is 5.88 Å². The van der Waals surface area contributed by atoms with Crippen molar-refractivity contribution in [1.29, 1.82) is 0 Å². The molecule has 0 N–H and O–H groups in total. The SMILES string of the molecule is C=CCOc1cc(Cl)nc(C(C)(C)C)n1. The van der Waals surface area contributed by atoms with E-state index < -0.39 is 0 Å². The van der Waals surface area contributed by atoms with Crippen LogP contribution in [0.5, 0.6) is 5.88 Å². The Balaban J connectivity index is 3.00. The van der Waals surface area contributed by atoms with Gasteiger partial charge in [-0.2, -0.15) is 4.98 Å². The van der Waals surface area contributed by atoms with Gasteiger partial charge in [-0.3, -0.25) is 0 Å². The molecule has 0 radical (unpaired) electrons. The van der Waals surface area contributed by atoms with Crippen molar-refractivity contribution in [1.82, 2.24) is 9.97 Å². The van der Waals surface area contributed by atoms with Gasteiger partial charge in [-0.05, 0) is 0 Å². The first-order chi connectivity index (χ1) is 6.93. The van der Waals surface area contributed by atoms with Crippen molar-refractivity contribution in [3.05, 3.63) is 29.7 Å². The van der Waals surface area contributed by atoms with Gasteiger partial charge < -0.3 is 4.74 Å². The highest BCUT2D eigenvalue weighted by Gasteiger charge is 2.19. The molecule has 4 heteroatoms. The maximum Gasteiger partial charge on any atom is 0.218 e. The predicted molar refractivity (Wildman–Crippen MR) is 61.4 cm³/mol. The minimum Gasteiger partial charge on any atom is -0.473 e. The van der Waals surface area contributed by atoms with Crippen LogP contribution in [0, 0.1) is 0 Å². The van der Waals surface area contributed by atoms with Crippen LogP contribution >= 0.6 is 11.6 Å². The van der Waals surface area contributed by atoms with E-state index in [0.29, 0.717) is 23.5 Å². The zero-order valence-electron chi connectivity index (χ0n) is 9.25. The molecule has 0 amide bonds. The van der Waals surface area contributed by atoms with Gasteiger partial charge in [0.05, 0.1) is 0 Å². The van der Waals surface area contributed by atoms with E-state index in [9.17, 15) is 0 Å². The minimum absolute atomic E-state index is 0.142. The molecule has 0 aliphatic heterocycles. The second-order valence-corrected chi connectivity index (χ2v) is 4.59. The van der Waals surface area contributed by atoms with Crippen molar-refractivity contribution in [3.63, 3.8) is 0 Å². The lowest BCUT2D eigenvalue weighted by Crippen LogP contribution is -2.16. The lowest BCUT2D eigenvalue weighted by molar-refractivity contribution is 0.343. The second kappa shape index (κ2) is 4.62. The largest absolute Gasteiger partial charge is 0.473 e. The summed E-state index contributed by atoms with van der Waals surface area (Å²) in [6.07, 6.45) is 1.66. The van der Waals surface area contributed by atoms with Crippen LogP contribution in [0.1, 0.15) is 26.6 Å². The maximum atomic E-state index is 5.88. The Morgan fingerprint density at radius 3 is 2.67 bits per heavy atom. The van der Waals surface area contributed by atoms with Crippen LogP contribution in [0.3, 0.4) is 0 Å². The van der Waals surface area contributed by atoms with Gasteiger partial charge in [0.1, 0.15) is 17.6 Å². The fourth-order valence-corrected chi connectivity index (χ4v) is 1.12. The third-order valence-corrected chi connectivity index (χ3v) is 1.88. The van der Waals surface area contributed by atoms with Gasteiger partial charge in [0, 0.05) is 11.5 Å². The molecule has 0 aliphatic rings. The molecule has 0 spiro atoms. The van der Waals surface area contributed by atoms with Gasteiger partial charge >= 0.3 is 0 Å². The molecule has 82 valence electrons. The molecule has 1 heterocycles. The average Bonchev–Trinajstić information content (AvgIpc) is 2.12. The number of ether oxygens (including phenoxy) is 1. The fourth-order valence-electron chi connectivity index (χ4n) is 0.951. The monoisotopic (exact) mass is 226 g/mol. The third-order valence-electron chi connectivity index (χ3n) is 1.69. The highest BCUT2D eigenvalue weighted by molar-refractivity contribution is 6.29. The topological polar surface area (TPSA) is 35.0 Å². The molecule has 0 aromatic carbocycles. The minimum atomic E-state index is -0.142. The summed E-state index contributed by atoms with van der Waals surface area (Å²) in [6.45, 7) is 10.1. The summed E-state index contributed by atoms with van der Waals surface area (Å²) in [4.78, 5) is 8.44. The Hall–Kier alpha value is -1.09. The van der Waals surface area contributed by atoms with Crippen molar-refractivity contribution < 1.29 is 4.74 Å². The number of hydrogen-bond acceptors (Lipinski definition) is 3. The Bertz CT molecular complexity index is 358. The Morgan fingerprint density at radius 2 is 2.13 bits per heavy atom. The standard InChI is InChI=1S/C11H15ClN2O/c1-5-6-15-9-7-8(12)13-10(14-9)11(2,3)4/h5,7H,1,6H2,2-4H3. The molecular weight excluding hydrogens is 212 g/mol. The van der Waals surface area contributed by atoms with Crippen LogP contribution in [0.15, 0.2) is 18.7 Å². The molecular formula is C11H15ClN2O. The van der Waals surface area contributed by atoms with E-state index in [4.69, 9.17) is 16.3 Å². The van der Waals surface area contributed by atoms with Crippen LogP contribution in [0.25, 0.3) is 0 Å². The molecule has 0 atom stereocenters. The molecule has 0 saturated heterocycles. The first kappa shape index (κ1) is 12.0. The van der Waals surface area contributed by atoms with Gasteiger partial charge in [0.15, 0.2) is 0 Å². The second-order valence-electron chi connectivity index (χ2n) is 4.20. The number of aromatic nitrogens is 2. The summed E-state index contributed by atoms with van der Waals surface area (Å²) in [7, 11) is 0. The molecule has 15 heavy (non-hydrogen) atoms. The van der Waals surface area contributed by atoms with Crippen LogP contribution < -0.4 is 4.74 Å². The fraction of sp³-hybridized carbons (Fsp3) is 0.455. The average molecular weight is 227 g/mol. The van der Waals surface area contributed by atoms with Crippen LogP contribution in [0.2, 0.25) is 5.15 Å². The normalized spacial score (nSPS) is 11.2. The summed E-state index contributed by atoms with van der Waals surface area (Å²) in [6, 6.07) is 1.60. The van der Waals surface area contributed by atoms with E-state index in [1.165, 1.54) is 0 Å². The number of rotatable bonds is 3. The summed E-state index contributed by atoms with van der Waals surface area (Å²) in [5.41, 5.74) is -0.142. The van der Waals surface area contributed by atoms with Crippen LogP contribution in [-0.2, 0) is 5.41 Å². The molecule has 0 saturated carbocycles. The van der Waals surface area contributed by atoms with E-state index >= 15 is 0 Å². The summed E-state index contributed by atoms with van der Waals surface area (Å²) in [5.74, 6) is 1.16. The van der Waals surface area contributed by atoms with Gasteiger partial charge in [0.2, 0.25) is 5.88 Å². The maximum absolute atomic E-state index is 5.88. The molecule has 3 nitrogen and oxygen atoms in total. The van der Waals surface area contributed by atoms with E-state index in [1.807, 2.05) is 20.8 Å². The summed E-state index contributed by atoms with van der Waals surface area (Å²) >= 11 is 5.88. The Morgan fingerprint density at radius 1 is 1.47 bits per heavy atom. The van der Waals surface area contributed by atoms with Crippen molar-refractivity contribution in [2.75, 3.05) is 6.61 Å². The van der Waals surface area contributed by atoms with Crippen molar-refractivity contribution in [2.45, 2.75) is 26.2 Å². The van der Waals surface area contributed by atoms with E-state index in [1.54, 1.807) is 12.1 Å². The molecule has 1 aromatic heterocycles. The summed E-state index contributed by atoms with van der Waals surface area (Å²) < 4.78 is 5.32. The molecule has 0 unspecified atom stereocenters. The Labute approximate surface area is 95.2 Å². The number of hydrogen-bond donors (Lipinski definition) is 0. The van der Waals surface area contributed by atoms with Gasteiger partial charge in [0.25, 0.3) is 0 Å². The molecule has 1 rings (SSSR count). The predicted octanol–water partition coefficient (Wildman–Crippen LogP) is 2.99. The zero-order chi connectivity index (χ0) is 11.5. The lowest BCUT2D eigenvalue weighted by Gasteiger charge is -2.17. The molecule has 0 bridgehead atoms. The first-order valence-corrected chi connectivity index (χ1v) is 5.10. The van der Waals surface area contributed by atoms with E-state index in [-0.39, 0.29) is 5.41 Å². The number of nitrogens with zero attached hydrogens (tertiary/aromatic N) is 2. The Kier molecular flexibility index (Phi) is 3.69. The molecule has 0 aliphatic carbocycles. The van der Waals surface area contributed by atoms with Gasteiger partial charge in [-0.15, -0.1) is 0 Å². The zero-order valence-corrected chi connectivity index (χ0v) is 10.0. The van der Waals surface area contributed by atoms with E-state index in [0.717, 1.165) is 0 Å². The van der Waals surface area contributed by atoms with Crippen LogP contribution in [-0.4, -0.2) is 16.6 Å². The van der Waals surface area contributed by atoms with Gasteiger partial charge in [-0.1, -0.05) is 45.0 Å². The highest BCUT2D eigenvalue weighted by atomic mass is 35.5. The van der Waals surface area contributed by atoms with Crippen molar-refractivity contribution in [2.24, 2.45) is 0 Å². The first-order valence-electron chi connectivity index (χ1n) is 4.72. The van der Waals surface area contributed by atoms with E-state index in [2.05, 4.69) is 16.5 Å². The van der Waals surface area contributed by atoms with Crippen LogP contribution in [0.4, 0.5) is 0 Å². The number of halogens is 1. The highest BCUT2D eigenvalue weighted by Crippen LogP contribution is 2.23. The molecule has 0 fully saturated rings. The van der Waals surface area contributed by atoms with Gasteiger partial charge in [-0.25, -0.2) is 4.98 Å². The lowest BCUT2D eigenvalue weighted by atomic mass is 9.96. The summed E-state index contributed by atoms with van der Waals surface area (Å²) in [5, 5.41) is 0.397. The van der Waals surface area contributed by atoms with Crippen molar-refractivity contribution >= 4 is 11.6 Å². The molecule has 1 aromatic rings. The smallest absolute Gasteiger partial charge is 0.218 e. The third kappa shape index (κ3) is 3.51.